The van der Waals surface area contributed by atoms with E-state index in [9.17, 15) is 14.3 Å². The first kappa shape index (κ1) is 22.9. The summed E-state index contributed by atoms with van der Waals surface area (Å²) < 4.78 is 18.8. The average Bonchev–Trinajstić information content (AvgIpc) is 3.23. The second-order valence-electron chi connectivity index (χ2n) is 10.4. The van der Waals surface area contributed by atoms with Gasteiger partial charge in [-0.1, -0.05) is 20.8 Å². The molecule has 0 bridgehead atoms. The predicted octanol–water partition coefficient (Wildman–Crippen LogP) is 4.50. The number of thiazole rings is 1. The van der Waals surface area contributed by atoms with Crippen molar-refractivity contribution in [3.8, 4) is 10.6 Å². The molecule has 1 saturated carbocycles. The number of hydrogen-bond donors (Lipinski definition) is 1. The second-order valence-corrected chi connectivity index (χ2v) is 11.5. The van der Waals surface area contributed by atoms with Gasteiger partial charge in [0, 0.05) is 35.4 Å². The summed E-state index contributed by atoms with van der Waals surface area (Å²) in [5.41, 5.74) is 1.98. The van der Waals surface area contributed by atoms with Gasteiger partial charge < -0.3 is 14.7 Å². The molecule has 1 amide bonds. The first-order valence-electron chi connectivity index (χ1n) is 12.1. The molecule has 33 heavy (non-hydrogen) atoms. The third-order valence-electron chi connectivity index (χ3n) is 8.37. The maximum Gasteiger partial charge on any atom is 0.225 e. The summed E-state index contributed by atoms with van der Waals surface area (Å²) in [6.07, 6.45) is 2.21. The van der Waals surface area contributed by atoms with Gasteiger partial charge in [-0.15, -0.1) is 11.3 Å². The lowest BCUT2D eigenvalue weighted by molar-refractivity contribution is -0.148. The number of hydrogen-bond acceptors (Lipinski definition) is 5. The van der Waals surface area contributed by atoms with Gasteiger partial charge in [0.05, 0.1) is 25.0 Å². The molecule has 2 fully saturated rings. The number of amides is 1. The van der Waals surface area contributed by atoms with Crippen LogP contribution in [-0.2, 0) is 16.0 Å². The molecule has 1 aromatic heterocycles. The van der Waals surface area contributed by atoms with Crippen molar-refractivity contribution in [2.75, 3.05) is 26.3 Å². The smallest absolute Gasteiger partial charge is 0.225 e. The van der Waals surface area contributed by atoms with Crippen molar-refractivity contribution >= 4 is 17.2 Å². The van der Waals surface area contributed by atoms with Crippen molar-refractivity contribution in [1.82, 2.24) is 9.88 Å². The molecule has 0 unspecified atom stereocenters. The van der Waals surface area contributed by atoms with Gasteiger partial charge in [0.2, 0.25) is 5.91 Å². The molecule has 5 rings (SSSR count). The molecule has 1 aliphatic heterocycles. The number of carbonyl (C=O) groups is 1. The van der Waals surface area contributed by atoms with E-state index in [0.717, 1.165) is 35.5 Å². The number of nitrogens with zero attached hydrogens (tertiary/aromatic N) is 2. The van der Waals surface area contributed by atoms with Crippen LogP contribution in [0.15, 0.2) is 24.3 Å². The second kappa shape index (κ2) is 8.75. The Morgan fingerprint density at radius 3 is 2.70 bits per heavy atom. The Balaban J connectivity index is 1.40. The van der Waals surface area contributed by atoms with E-state index >= 15 is 0 Å². The van der Waals surface area contributed by atoms with E-state index in [1.165, 1.54) is 17.0 Å². The van der Waals surface area contributed by atoms with Crippen molar-refractivity contribution in [3.63, 3.8) is 0 Å². The molecule has 6 atom stereocenters. The molecule has 1 aromatic carbocycles. The van der Waals surface area contributed by atoms with E-state index in [1.54, 1.807) is 23.5 Å². The van der Waals surface area contributed by atoms with Gasteiger partial charge in [0.1, 0.15) is 10.8 Å². The number of fused-ring (bicyclic) bond motifs is 2. The van der Waals surface area contributed by atoms with Crippen LogP contribution in [0.2, 0.25) is 0 Å². The molecule has 2 heterocycles. The van der Waals surface area contributed by atoms with E-state index in [0.29, 0.717) is 26.3 Å². The van der Waals surface area contributed by atoms with Gasteiger partial charge in [-0.05, 0) is 60.8 Å². The fourth-order valence-electron chi connectivity index (χ4n) is 6.52. The summed E-state index contributed by atoms with van der Waals surface area (Å²) in [4.78, 5) is 21.3. The minimum atomic E-state index is -0.539. The summed E-state index contributed by atoms with van der Waals surface area (Å²) in [6, 6.07) is 6.51. The quantitative estimate of drug-likeness (QED) is 0.715. The fourth-order valence-corrected chi connectivity index (χ4v) is 7.89. The van der Waals surface area contributed by atoms with Crippen LogP contribution in [0.3, 0.4) is 0 Å². The zero-order chi connectivity index (χ0) is 23.3. The highest BCUT2D eigenvalue weighted by Crippen LogP contribution is 2.57. The van der Waals surface area contributed by atoms with Crippen LogP contribution in [0.4, 0.5) is 4.39 Å². The van der Waals surface area contributed by atoms with Gasteiger partial charge in [0.25, 0.3) is 0 Å². The van der Waals surface area contributed by atoms with Crippen LogP contribution in [0, 0.1) is 29.0 Å². The summed E-state index contributed by atoms with van der Waals surface area (Å²) >= 11 is 1.70. The van der Waals surface area contributed by atoms with E-state index < -0.39 is 6.10 Å². The van der Waals surface area contributed by atoms with Crippen LogP contribution >= 0.6 is 11.3 Å². The number of aromatic nitrogens is 1. The maximum absolute atomic E-state index is 13.4. The van der Waals surface area contributed by atoms with Crippen LogP contribution in [0.25, 0.3) is 10.6 Å². The van der Waals surface area contributed by atoms with Gasteiger partial charge in [-0.3, -0.25) is 4.79 Å². The monoisotopic (exact) mass is 472 g/mol. The number of aliphatic hydroxyl groups excluding tert-OH is 1. The summed E-state index contributed by atoms with van der Waals surface area (Å²) in [6.45, 7) is 8.91. The lowest BCUT2D eigenvalue weighted by atomic mass is 9.53. The van der Waals surface area contributed by atoms with E-state index in [2.05, 4.69) is 13.8 Å². The van der Waals surface area contributed by atoms with Gasteiger partial charge in [-0.2, -0.15) is 0 Å². The minimum absolute atomic E-state index is 0.0172. The highest BCUT2D eigenvalue weighted by atomic mass is 32.1. The normalized spacial score (nSPS) is 32.7. The summed E-state index contributed by atoms with van der Waals surface area (Å²) in [5.74, 6) is -0.192. The maximum atomic E-state index is 13.4. The van der Waals surface area contributed by atoms with Crippen molar-refractivity contribution in [2.45, 2.75) is 52.1 Å². The lowest BCUT2D eigenvalue weighted by Crippen LogP contribution is -2.54. The fraction of sp³-hybridized carbons (Fsp3) is 0.615. The minimum Gasteiger partial charge on any atom is -0.392 e. The van der Waals surface area contributed by atoms with Crippen LogP contribution in [-0.4, -0.2) is 53.3 Å². The Morgan fingerprint density at radius 2 is 2.00 bits per heavy atom. The Hall–Kier alpha value is -1.83. The van der Waals surface area contributed by atoms with E-state index in [4.69, 9.17) is 9.72 Å². The Kier molecular flexibility index (Phi) is 6.08. The number of benzene rings is 1. The molecule has 178 valence electrons. The standard InChI is InChI=1S/C26H33FN2O3S/c1-15(25(31)29-10-12-32-13-11-29)19-8-9-26(3)14-20-22(16(2)21(26)23(19)30)28-24(33-20)17-4-6-18(27)7-5-17/h4-7,15-16,19,21,23,30H,8-14H2,1-3H3/t15-,16-,19-,21+,23-,26-/m0/s1. The highest BCUT2D eigenvalue weighted by molar-refractivity contribution is 7.15. The molecule has 1 N–H and O–H groups in total. The molecule has 2 aliphatic carbocycles. The van der Waals surface area contributed by atoms with Gasteiger partial charge in [-0.25, -0.2) is 9.37 Å². The largest absolute Gasteiger partial charge is 0.392 e. The van der Waals surface area contributed by atoms with E-state index in [1.807, 2.05) is 11.8 Å². The predicted molar refractivity (Wildman–Crippen MR) is 127 cm³/mol. The molecule has 5 nitrogen and oxygen atoms in total. The number of rotatable bonds is 3. The van der Waals surface area contributed by atoms with E-state index in [-0.39, 0.29) is 40.8 Å². The lowest BCUT2D eigenvalue weighted by Gasteiger charge is -2.53. The summed E-state index contributed by atoms with van der Waals surface area (Å²) in [7, 11) is 0. The number of halogens is 1. The molecule has 7 heteroatoms. The van der Waals surface area contributed by atoms with Crippen molar-refractivity contribution in [2.24, 2.45) is 23.2 Å². The van der Waals surface area contributed by atoms with Crippen LogP contribution in [0.1, 0.15) is 50.1 Å². The Morgan fingerprint density at radius 1 is 1.30 bits per heavy atom. The zero-order valence-corrected chi connectivity index (χ0v) is 20.4. The molecule has 2 aromatic rings. The molecular formula is C26H33FN2O3S. The highest BCUT2D eigenvalue weighted by Gasteiger charge is 2.54. The van der Waals surface area contributed by atoms with Crippen LogP contribution in [0.5, 0.6) is 0 Å². The molecular weight excluding hydrogens is 439 g/mol. The first-order chi connectivity index (χ1) is 15.8. The van der Waals surface area contributed by atoms with Crippen molar-refractivity contribution in [1.29, 1.82) is 0 Å². The molecule has 0 spiro atoms. The zero-order valence-electron chi connectivity index (χ0n) is 19.6. The average molecular weight is 473 g/mol. The van der Waals surface area contributed by atoms with Gasteiger partial charge in [0.15, 0.2) is 0 Å². The summed E-state index contributed by atoms with van der Waals surface area (Å²) in [5, 5.41) is 12.5. The number of carbonyl (C=O) groups excluding carboxylic acids is 1. The van der Waals surface area contributed by atoms with Crippen LogP contribution < -0.4 is 0 Å². The Bertz CT molecular complexity index is 1020. The molecule has 0 radical (unpaired) electrons. The third kappa shape index (κ3) is 4.02. The molecule has 1 saturated heterocycles. The topological polar surface area (TPSA) is 62.7 Å². The van der Waals surface area contributed by atoms with Gasteiger partial charge >= 0.3 is 0 Å². The van der Waals surface area contributed by atoms with Crippen molar-refractivity contribution < 1.29 is 19.0 Å². The number of aliphatic hydroxyl groups is 1. The Labute approximate surface area is 199 Å². The number of morpholine rings is 1. The molecule has 3 aliphatic rings. The first-order valence-corrected chi connectivity index (χ1v) is 12.9. The SMILES string of the molecule is C[C@H](C(=O)N1CCOCC1)[C@@H]1CC[C@@]2(C)Cc3sc(-c4ccc(F)cc4)nc3[C@@H](C)[C@@H]2[C@H]1O. The third-order valence-corrected chi connectivity index (χ3v) is 9.49. The van der Waals surface area contributed by atoms with Crippen molar-refractivity contribution in [3.05, 3.63) is 40.7 Å². The number of ether oxygens (including phenoxy) is 1.